The summed E-state index contributed by atoms with van der Waals surface area (Å²) < 4.78 is 16.6. The fraction of sp³-hybridized carbons (Fsp3) is 0.526. The van der Waals surface area contributed by atoms with Gasteiger partial charge < -0.3 is 14.2 Å². The Bertz CT molecular complexity index is 825. The van der Waals surface area contributed by atoms with Gasteiger partial charge in [-0.25, -0.2) is 4.79 Å². The van der Waals surface area contributed by atoms with E-state index < -0.39 is 48.3 Å². The molecule has 0 aliphatic carbocycles. The van der Waals surface area contributed by atoms with Crippen LogP contribution in [0, 0.1) is 0 Å². The molecule has 0 radical (unpaired) electrons. The minimum Gasteiger partial charge on any atom is -0.461 e. The molecule has 2 aliphatic rings. The van der Waals surface area contributed by atoms with E-state index in [-0.39, 0.29) is 6.54 Å². The van der Waals surface area contributed by atoms with Gasteiger partial charge >= 0.3 is 17.9 Å². The maximum Gasteiger partial charge on any atom is 0.338 e. The number of piperidine rings is 1. The average molecular weight is 402 g/mol. The van der Waals surface area contributed by atoms with Crippen LogP contribution < -0.4 is 0 Å². The van der Waals surface area contributed by atoms with Crippen molar-refractivity contribution in [3.63, 3.8) is 0 Å². The predicted octanol–water partition coefficient (Wildman–Crippen LogP) is 1.84. The van der Waals surface area contributed by atoms with Gasteiger partial charge in [-0.1, -0.05) is 23.3 Å². The van der Waals surface area contributed by atoms with Gasteiger partial charge in [0.25, 0.3) is 0 Å². The molecule has 2 aliphatic heterocycles. The van der Waals surface area contributed by atoms with Gasteiger partial charge in [0.1, 0.15) is 6.10 Å². The predicted molar refractivity (Wildman–Crippen MR) is 99.7 cm³/mol. The summed E-state index contributed by atoms with van der Waals surface area (Å²) in [6, 6.07) is 7.09. The second-order valence-electron chi connectivity index (χ2n) is 7.00. The Labute approximate surface area is 167 Å². The number of fused-ring (bicyclic) bond motifs is 1. The van der Waals surface area contributed by atoms with E-state index >= 15 is 0 Å². The van der Waals surface area contributed by atoms with E-state index in [9.17, 15) is 14.4 Å². The van der Waals surface area contributed by atoms with Crippen molar-refractivity contribution in [2.75, 3.05) is 13.1 Å². The van der Waals surface area contributed by atoms with Crippen molar-refractivity contribution in [3.8, 4) is 0 Å². The highest BCUT2D eigenvalue weighted by molar-refractivity contribution is 5.89. The molecule has 1 aromatic carbocycles. The molecule has 2 fully saturated rings. The van der Waals surface area contributed by atoms with Gasteiger partial charge in [0.05, 0.1) is 17.6 Å². The van der Waals surface area contributed by atoms with E-state index in [2.05, 4.69) is 10.0 Å². The molecular weight excluding hydrogens is 380 g/mol. The molecule has 0 N–H and O–H groups in total. The molecule has 29 heavy (non-hydrogen) atoms. The molecule has 2 unspecified atom stereocenters. The van der Waals surface area contributed by atoms with E-state index in [4.69, 9.17) is 19.7 Å². The van der Waals surface area contributed by atoms with Crippen LogP contribution in [-0.4, -0.2) is 66.3 Å². The van der Waals surface area contributed by atoms with Crippen molar-refractivity contribution < 1.29 is 28.6 Å². The second-order valence-corrected chi connectivity index (χ2v) is 7.00. The molecule has 3 rings (SSSR count). The van der Waals surface area contributed by atoms with Gasteiger partial charge in [-0.15, -0.1) is 0 Å². The summed E-state index contributed by atoms with van der Waals surface area (Å²) in [5.74, 6) is -1.65. The lowest BCUT2D eigenvalue weighted by Crippen LogP contribution is -2.63. The largest absolute Gasteiger partial charge is 0.461 e. The van der Waals surface area contributed by atoms with Gasteiger partial charge in [-0.3, -0.25) is 14.5 Å². The first-order chi connectivity index (χ1) is 13.9. The molecule has 5 atom stereocenters. The summed E-state index contributed by atoms with van der Waals surface area (Å²) in [6.45, 7) is 3.41. The SMILES string of the molecule is CC(=O)OC1CCN2C[C@H](N=[N+]=[N-])[C@@H](OC(=O)c3ccccc3)[C@H](OC(C)=O)C12. The van der Waals surface area contributed by atoms with Crippen molar-refractivity contribution in [1.29, 1.82) is 0 Å². The summed E-state index contributed by atoms with van der Waals surface area (Å²) in [4.78, 5) is 40.8. The minimum atomic E-state index is -1.01. The lowest BCUT2D eigenvalue weighted by Gasteiger charge is -2.44. The molecule has 10 nitrogen and oxygen atoms in total. The van der Waals surface area contributed by atoms with Crippen LogP contribution >= 0.6 is 0 Å². The summed E-state index contributed by atoms with van der Waals surface area (Å²) in [6.07, 6.45) is -1.96. The molecular formula is C19H22N4O6. The van der Waals surface area contributed by atoms with E-state index in [1.165, 1.54) is 13.8 Å². The van der Waals surface area contributed by atoms with E-state index in [0.717, 1.165) is 0 Å². The zero-order valence-electron chi connectivity index (χ0n) is 16.1. The van der Waals surface area contributed by atoms with Crippen molar-refractivity contribution in [3.05, 3.63) is 46.3 Å². The maximum absolute atomic E-state index is 12.6. The third-order valence-corrected chi connectivity index (χ3v) is 5.04. The molecule has 154 valence electrons. The minimum absolute atomic E-state index is 0.289. The van der Waals surface area contributed by atoms with Gasteiger partial charge in [0.2, 0.25) is 0 Å². The Balaban J connectivity index is 1.93. The van der Waals surface area contributed by atoms with Crippen LogP contribution in [0.2, 0.25) is 0 Å². The molecule has 10 heteroatoms. The van der Waals surface area contributed by atoms with Gasteiger partial charge in [0.15, 0.2) is 12.2 Å². The number of hydrogen-bond acceptors (Lipinski definition) is 8. The zero-order chi connectivity index (χ0) is 21.0. The lowest BCUT2D eigenvalue weighted by molar-refractivity contribution is -0.173. The maximum atomic E-state index is 12.6. The number of azide groups is 1. The highest BCUT2D eigenvalue weighted by atomic mass is 16.6. The molecule has 0 saturated carbocycles. The first-order valence-electron chi connectivity index (χ1n) is 9.29. The fourth-order valence-electron chi connectivity index (χ4n) is 3.99. The standard InChI is InChI=1S/C19H22N4O6/c1-11(24)27-15-8-9-23-10-14(21-22-20)17(18(16(15)23)28-12(2)25)29-19(26)13-6-4-3-5-7-13/h3-7,14-18H,8-10H2,1-2H3/t14-,15?,16?,17+,18+/m0/s1. The number of rotatable bonds is 5. The van der Waals surface area contributed by atoms with Crippen molar-refractivity contribution in [2.45, 2.75) is 50.7 Å². The monoisotopic (exact) mass is 402 g/mol. The van der Waals surface area contributed by atoms with Crippen LogP contribution in [0.25, 0.3) is 10.4 Å². The molecule has 2 saturated heterocycles. The molecule has 0 spiro atoms. The average Bonchev–Trinajstić information content (AvgIpc) is 3.06. The lowest BCUT2D eigenvalue weighted by atomic mass is 9.91. The summed E-state index contributed by atoms with van der Waals surface area (Å²) in [7, 11) is 0. The van der Waals surface area contributed by atoms with Crippen molar-refractivity contribution in [2.24, 2.45) is 5.11 Å². The first-order valence-corrected chi connectivity index (χ1v) is 9.29. The number of carbonyl (C=O) groups excluding carboxylic acids is 3. The summed E-state index contributed by atoms with van der Waals surface area (Å²) in [5.41, 5.74) is 9.31. The molecule has 0 bridgehead atoms. The Morgan fingerprint density at radius 3 is 2.38 bits per heavy atom. The van der Waals surface area contributed by atoms with Crippen molar-refractivity contribution >= 4 is 17.9 Å². The normalized spacial score (nSPS) is 28.6. The number of carbonyl (C=O) groups is 3. The van der Waals surface area contributed by atoms with Crippen LogP contribution in [0.4, 0.5) is 0 Å². The molecule has 1 aromatic rings. The summed E-state index contributed by atoms with van der Waals surface area (Å²) in [5, 5.41) is 3.78. The van der Waals surface area contributed by atoms with Crippen LogP contribution in [0.5, 0.6) is 0 Å². The Morgan fingerprint density at radius 2 is 1.76 bits per heavy atom. The van der Waals surface area contributed by atoms with Crippen LogP contribution in [0.1, 0.15) is 30.6 Å². The molecule has 0 aromatic heterocycles. The fourth-order valence-corrected chi connectivity index (χ4v) is 3.99. The molecule has 0 amide bonds. The van der Waals surface area contributed by atoms with Gasteiger partial charge in [-0.05, 0) is 24.1 Å². The number of ether oxygens (including phenoxy) is 3. The quantitative estimate of drug-likeness (QED) is 0.241. The molecule has 2 heterocycles. The third kappa shape index (κ3) is 4.67. The van der Waals surface area contributed by atoms with Crippen molar-refractivity contribution in [1.82, 2.24) is 4.90 Å². The summed E-state index contributed by atoms with van der Waals surface area (Å²) >= 11 is 0. The topological polar surface area (TPSA) is 131 Å². The third-order valence-electron chi connectivity index (χ3n) is 5.04. The first kappa shape index (κ1) is 20.6. The Hall–Kier alpha value is -3.10. The number of hydrogen-bond donors (Lipinski definition) is 0. The van der Waals surface area contributed by atoms with Crippen LogP contribution in [0.3, 0.4) is 0 Å². The van der Waals surface area contributed by atoms with E-state index in [1.54, 1.807) is 30.3 Å². The second kappa shape index (κ2) is 8.93. The highest BCUT2D eigenvalue weighted by Gasteiger charge is 2.54. The zero-order valence-corrected chi connectivity index (χ0v) is 16.1. The van der Waals surface area contributed by atoms with E-state index in [0.29, 0.717) is 18.5 Å². The van der Waals surface area contributed by atoms with Crippen LogP contribution in [-0.2, 0) is 23.8 Å². The van der Waals surface area contributed by atoms with E-state index in [1.807, 2.05) is 4.90 Å². The smallest absolute Gasteiger partial charge is 0.338 e. The van der Waals surface area contributed by atoms with Crippen LogP contribution in [0.15, 0.2) is 35.4 Å². The number of esters is 3. The Morgan fingerprint density at radius 1 is 1.07 bits per heavy atom. The Kier molecular flexibility index (Phi) is 6.36. The highest BCUT2D eigenvalue weighted by Crippen LogP contribution is 2.35. The number of nitrogens with zero attached hydrogens (tertiary/aromatic N) is 4. The number of benzene rings is 1. The van der Waals surface area contributed by atoms with Gasteiger partial charge in [0, 0.05) is 31.8 Å². The van der Waals surface area contributed by atoms with Gasteiger partial charge in [-0.2, -0.15) is 0 Å².